The number of aromatic nitrogens is 3. The normalized spacial score (nSPS) is 18.9. The number of nitrogens with zero attached hydrogens (tertiary/aromatic N) is 3. The van der Waals surface area contributed by atoms with E-state index in [1.807, 2.05) is 0 Å². The lowest BCUT2D eigenvalue weighted by molar-refractivity contribution is -0.113. The van der Waals surface area contributed by atoms with Crippen LogP contribution >= 0.6 is 11.8 Å². The summed E-state index contributed by atoms with van der Waals surface area (Å²) in [5.74, 6) is 0.494. The van der Waals surface area contributed by atoms with E-state index in [1.165, 1.54) is 36.0 Å². The van der Waals surface area contributed by atoms with E-state index >= 15 is 0 Å². The van der Waals surface area contributed by atoms with Gasteiger partial charge in [-0.2, -0.15) is 0 Å². The van der Waals surface area contributed by atoms with Crippen molar-refractivity contribution in [1.29, 1.82) is 0 Å². The van der Waals surface area contributed by atoms with Gasteiger partial charge in [0.1, 0.15) is 5.82 Å². The molecule has 2 aromatic rings. The number of sulfone groups is 2. The zero-order valence-corrected chi connectivity index (χ0v) is 17.8. The highest BCUT2D eigenvalue weighted by Gasteiger charge is 2.32. The smallest absolute Gasteiger partial charge is 0.234 e. The van der Waals surface area contributed by atoms with Crippen LogP contribution in [0.1, 0.15) is 18.2 Å². The molecule has 1 aromatic carbocycles. The van der Waals surface area contributed by atoms with Gasteiger partial charge >= 0.3 is 0 Å². The van der Waals surface area contributed by atoms with Gasteiger partial charge < -0.3 is 9.88 Å². The minimum atomic E-state index is -3.28. The Bertz CT molecular complexity index is 1090. The maximum atomic E-state index is 12.1. The molecule has 1 aromatic heterocycles. The number of hydrogen-bond donors (Lipinski definition) is 1. The van der Waals surface area contributed by atoms with E-state index in [9.17, 15) is 21.6 Å². The van der Waals surface area contributed by atoms with E-state index in [-0.39, 0.29) is 34.0 Å². The number of carbonyl (C=O) groups is 1. The number of amides is 1. The number of thioether (sulfide) groups is 1. The average Bonchev–Trinajstić information content (AvgIpc) is 3.14. The van der Waals surface area contributed by atoms with Gasteiger partial charge in [0.15, 0.2) is 24.8 Å². The molecular formula is C16H20N4O5S3. The number of hydrogen-bond acceptors (Lipinski definition) is 8. The van der Waals surface area contributed by atoms with Gasteiger partial charge in [0.05, 0.1) is 22.2 Å². The SMILES string of the molecule is Cn1c(SCC(=O)Nc2ccc(S(C)(=O)=O)cc2)nnc1C1CCS(=O)(=O)C1. The first-order valence-corrected chi connectivity index (χ1v) is 13.1. The Morgan fingerprint density at radius 3 is 2.54 bits per heavy atom. The van der Waals surface area contributed by atoms with E-state index in [1.54, 1.807) is 11.6 Å². The molecule has 0 radical (unpaired) electrons. The molecule has 12 heteroatoms. The Morgan fingerprint density at radius 1 is 1.29 bits per heavy atom. The first kappa shape index (κ1) is 20.8. The zero-order valence-electron chi connectivity index (χ0n) is 15.3. The summed E-state index contributed by atoms with van der Waals surface area (Å²) in [6, 6.07) is 5.92. The van der Waals surface area contributed by atoms with E-state index < -0.39 is 19.7 Å². The first-order chi connectivity index (χ1) is 13.0. The van der Waals surface area contributed by atoms with Crippen molar-refractivity contribution in [3.63, 3.8) is 0 Å². The van der Waals surface area contributed by atoms with Crippen LogP contribution < -0.4 is 5.32 Å². The van der Waals surface area contributed by atoms with Gasteiger partial charge in [-0.1, -0.05) is 11.8 Å². The van der Waals surface area contributed by atoms with Gasteiger partial charge in [-0.25, -0.2) is 16.8 Å². The van der Waals surface area contributed by atoms with E-state index in [2.05, 4.69) is 15.5 Å². The Balaban J connectivity index is 1.58. The molecule has 1 aliphatic heterocycles. The minimum Gasteiger partial charge on any atom is -0.325 e. The predicted molar refractivity (Wildman–Crippen MR) is 106 cm³/mol. The van der Waals surface area contributed by atoms with Crippen molar-refractivity contribution in [2.24, 2.45) is 7.05 Å². The topological polar surface area (TPSA) is 128 Å². The second-order valence-electron chi connectivity index (χ2n) is 6.63. The quantitative estimate of drug-likeness (QED) is 0.650. The molecule has 1 amide bonds. The largest absolute Gasteiger partial charge is 0.325 e. The molecule has 1 aliphatic rings. The monoisotopic (exact) mass is 444 g/mol. The number of benzene rings is 1. The summed E-state index contributed by atoms with van der Waals surface area (Å²) in [7, 11) is -4.54. The Morgan fingerprint density at radius 2 is 1.96 bits per heavy atom. The van der Waals surface area contributed by atoms with Gasteiger partial charge in [0.25, 0.3) is 0 Å². The molecule has 1 atom stereocenters. The standard InChI is InChI=1S/C16H20N4O5S3/c1-20-15(11-7-8-28(24,25)10-11)18-19-16(20)26-9-14(21)17-12-3-5-13(6-4-12)27(2,22)23/h3-6,11H,7-10H2,1-2H3,(H,17,21). The fraction of sp³-hybridized carbons (Fsp3) is 0.438. The summed E-state index contributed by atoms with van der Waals surface area (Å²) in [5.41, 5.74) is 0.493. The molecule has 0 spiro atoms. The molecule has 1 unspecified atom stereocenters. The Labute approximate surface area is 167 Å². The third-order valence-electron chi connectivity index (χ3n) is 4.36. The molecule has 152 valence electrons. The van der Waals surface area contributed by atoms with Crippen molar-refractivity contribution < 1.29 is 21.6 Å². The van der Waals surface area contributed by atoms with Crippen molar-refractivity contribution >= 4 is 43.0 Å². The van der Waals surface area contributed by atoms with Crippen molar-refractivity contribution in [2.45, 2.75) is 22.4 Å². The molecule has 9 nitrogen and oxygen atoms in total. The van der Waals surface area contributed by atoms with Gasteiger partial charge in [0, 0.05) is 24.9 Å². The van der Waals surface area contributed by atoms with Crippen molar-refractivity contribution in [3.8, 4) is 0 Å². The highest BCUT2D eigenvalue weighted by Crippen LogP contribution is 2.29. The van der Waals surface area contributed by atoms with E-state index in [0.717, 1.165) is 6.26 Å². The molecule has 1 fully saturated rings. The second kappa shape index (κ2) is 7.84. The molecular weight excluding hydrogens is 424 g/mol. The molecule has 1 saturated heterocycles. The van der Waals surface area contributed by atoms with Crippen LogP contribution in [0, 0.1) is 0 Å². The lowest BCUT2D eigenvalue weighted by atomic mass is 10.1. The van der Waals surface area contributed by atoms with Crippen LogP contribution in [0.3, 0.4) is 0 Å². The number of carbonyl (C=O) groups excluding carboxylic acids is 1. The van der Waals surface area contributed by atoms with Crippen LogP contribution in [0.5, 0.6) is 0 Å². The summed E-state index contributed by atoms with van der Waals surface area (Å²) in [5, 5.41) is 11.4. The number of anilines is 1. The third-order valence-corrected chi connectivity index (χ3v) is 8.28. The van der Waals surface area contributed by atoms with E-state index in [0.29, 0.717) is 23.1 Å². The number of nitrogens with one attached hydrogen (secondary N) is 1. The van der Waals surface area contributed by atoms with Crippen molar-refractivity contribution in [3.05, 3.63) is 30.1 Å². The second-order valence-corrected chi connectivity index (χ2v) is 11.8. The van der Waals surface area contributed by atoms with Crippen LogP contribution in [0.2, 0.25) is 0 Å². The average molecular weight is 445 g/mol. The van der Waals surface area contributed by atoms with Crippen LogP contribution in [0.4, 0.5) is 5.69 Å². The lowest BCUT2D eigenvalue weighted by Gasteiger charge is -2.08. The molecule has 0 aliphatic carbocycles. The molecule has 0 saturated carbocycles. The van der Waals surface area contributed by atoms with Crippen LogP contribution in [0.15, 0.2) is 34.3 Å². The van der Waals surface area contributed by atoms with Crippen molar-refractivity contribution in [1.82, 2.24) is 14.8 Å². The summed E-state index contributed by atoms with van der Waals surface area (Å²) in [6.07, 6.45) is 1.65. The van der Waals surface area contributed by atoms with Crippen LogP contribution in [0.25, 0.3) is 0 Å². The van der Waals surface area contributed by atoms with Crippen LogP contribution in [-0.2, 0) is 31.5 Å². The lowest BCUT2D eigenvalue weighted by Crippen LogP contribution is -2.15. The Kier molecular flexibility index (Phi) is 5.82. The minimum absolute atomic E-state index is 0.0770. The van der Waals surface area contributed by atoms with Crippen LogP contribution in [-0.4, -0.2) is 61.0 Å². The van der Waals surface area contributed by atoms with E-state index in [4.69, 9.17) is 0 Å². The zero-order chi connectivity index (χ0) is 20.5. The van der Waals surface area contributed by atoms with Crippen molar-refractivity contribution in [2.75, 3.05) is 28.8 Å². The third kappa shape index (κ3) is 4.92. The first-order valence-electron chi connectivity index (χ1n) is 8.38. The molecule has 0 bridgehead atoms. The van der Waals surface area contributed by atoms with Gasteiger partial charge in [-0.3, -0.25) is 4.79 Å². The summed E-state index contributed by atoms with van der Waals surface area (Å²) < 4.78 is 47.9. The highest BCUT2D eigenvalue weighted by atomic mass is 32.2. The summed E-state index contributed by atoms with van der Waals surface area (Å²) >= 11 is 1.19. The molecule has 28 heavy (non-hydrogen) atoms. The Hall–Kier alpha value is -1.92. The molecule has 1 N–H and O–H groups in total. The van der Waals surface area contributed by atoms with Gasteiger partial charge in [-0.15, -0.1) is 10.2 Å². The highest BCUT2D eigenvalue weighted by molar-refractivity contribution is 7.99. The maximum Gasteiger partial charge on any atom is 0.234 e. The van der Waals surface area contributed by atoms with Gasteiger partial charge in [-0.05, 0) is 30.7 Å². The molecule has 3 rings (SSSR count). The summed E-state index contributed by atoms with van der Waals surface area (Å²) in [6.45, 7) is 0. The maximum absolute atomic E-state index is 12.1. The fourth-order valence-corrected chi connectivity index (χ4v) is 6.01. The summed E-state index contributed by atoms with van der Waals surface area (Å²) in [4.78, 5) is 12.3. The number of rotatable bonds is 6. The van der Waals surface area contributed by atoms with Gasteiger partial charge in [0.2, 0.25) is 5.91 Å². The predicted octanol–water partition coefficient (Wildman–Crippen LogP) is 0.851. The fourth-order valence-electron chi connectivity index (χ4n) is 2.92. The molecule has 2 heterocycles.